The zero-order chi connectivity index (χ0) is 14.7. The minimum Gasteiger partial charge on any atom is -0.305 e. The van der Waals surface area contributed by atoms with Crippen molar-refractivity contribution >= 4 is 5.91 Å². The first-order chi connectivity index (χ1) is 9.51. The Kier molecular flexibility index (Phi) is 4.69. The van der Waals surface area contributed by atoms with Crippen LogP contribution in [0.4, 0.5) is 0 Å². The molecule has 1 saturated heterocycles. The van der Waals surface area contributed by atoms with Crippen molar-refractivity contribution in [2.75, 3.05) is 27.2 Å². The molecular formula is C14H23N5O. The number of amides is 1. The third-order valence-electron chi connectivity index (χ3n) is 3.92. The van der Waals surface area contributed by atoms with E-state index in [-0.39, 0.29) is 5.91 Å². The lowest BCUT2D eigenvalue weighted by Gasteiger charge is -2.22. The Morgan fingerprint density at radius 1 is 1.50 bits per heavy atom. The Bertz CT molecular complexity index is 459. The van der Waals surface area contributed by atoms with Crippen LogP contribution in [0.3, 0.4) is 0 Å². The highest BCUT2D eigenvalue weighted by Crippen LogP contribution is 2.21. The van der Waals surface area contributed by atoms with Gasteiger partial charge in [-0.25, -0.2) is 5.84 Å². The predicted molar refractivity (Wildman–Crippen MR) is 77.8 cm³/mol. The molecule has 1 fully saturated rings. The van der Waals surface area contributed by atoms with E-state index in [0.717, 1.165) is 25.3 Å². The molecule has 6 heteroatoms. The second kappa shape index (κ2) is 6.30. The van der Waals surface area contributed by atoms with Crippen molar-refractivity contribution in [2.24, 2.45) is 11.8 Å². The number of nitrogens with zero attached hydrogens (tertiary/aromatic N) is 3. The number of nitrogens with two attached hydrogens (primary N) is 1. The fourth-order valence-corrected chi connectivity index (χ4v) is 2.81. The minimum atomic E-state index is -0.313. The van der Waals surface area contributed by atoms with Gasteiger partial charge >= 0.3 is 0 Å². The first-order valence-electron chi connectivity index (χ1n) is 6.86. The number of likely N-dealkylation sites (N-methyl/N-ethyl adjacent to an activating group) is 1. The zero-order valence-electron chi connectivity index (χ0n) is 12.3. The molecule has 1 aromatic rings. The van der Waals surface area contributed by atoms with Crippen molar-refractivity contribution < 1.29 is 4.79 Å². The summed E-state index contributed by atoms with van der Waals surface area (Å²) in [5, 5.41) is 0. The first kappa shape index (κ1) is 14.9. The lowest BCUT2D eigenvalue weighted by molar-refractivity contribution is 0.0953. The molecule has 6 nitrogen and oxygen atoms in total. The number of carbonyl (C=O) groups excluding carboxylic acids is 1. The number of nitrogen functional groups attached to an aromatic ring is 1. The van der Waals surface area contributed by atoms with Gasteiger partial charge in [0, 0.05) is 31.9 Å². The SMILES string of the molecule is CC1CN(Cc2ccc(C(=O)NN)cn2)CC1N(C)C. The van der Waals surface area contributed by atoms with E-state index in [1.54, 1.807) is 12.3 Å². The van der Waals surface area contributed by atoms with E-state index in [0.29, 0.717) is 17.5 Å². The molecule has 0 bridgehead atoms. The monoisotopic (exact) mass is 277 g/mol. The first-order valence-corrected chi connectivity index (χ1v) is 6.86. The summed E-state index contributed by atoms with van der Waals surface area (Å²) in [5.41, 5.74) is 3.56. The number of pyridine rings is 1. The van der Waals surface area contributed by atoms with Crippen LogP contribution in [0.25, 0.3) is 0 Å². The molecule has 0 spiro atoms. The molecule has 2 rings (SSSR count). The van der Waals surface area contributed by atoms with Gasteiger partial charge < -0.3 is 4.90 Å². The molecule has 1 aromatic heterocycles. The van der Waals surface area contributed by atoms with Crippen LogP contribution >= 0.6 is 0 Å². The molecule has 20 heavy (non-hydrogen) atoms. The maximum Gasteiger partial charge on any atom is 0.266 e. The standard InChI is InChI=1S/C14H23N5O/c1-10-7-19(9-13(10)18(2)3)8-12-5-4-11(6-16-12)14(20)17-15/h4-6,10,13H,7-9,15H2,1-3H3,(H,17,20). The fraction of sp³-hybridized carbons (Fsp3) is 0.571. The Morgan fingerprint density at radius 3 is 2.75 bits per heavy atom. The maximum atomic E-state index is 11.3. The summed E-state index contributed by atoms with van der Waals surface area (Å²) in [5.74, 6) is 5.44. The molecule has 1 aliphatic rings. The Balaban J connectivity index is 1.96. The Morgan fingerprint density at radius 2 is 2.25 bits per heavy atom. The molecule has 2 heterocycles. The maximum absolute atomic E-state index is 11.3. The number of rotatable bonds is 4. The summed E-state index contributed by atoms with van der Waals surface area (Å²) in [6.07, 6.45) is 1.57. The van der Waals surface area contributed by atoms with E-state index in [4.69, 9.17) is 5.84 Å². The summed E-state index contributed by atoms with van der Waals surface area (Å²) in [6.45, 7) is 5.24. The Hall–Kier alpha value is -1.50. The molecule has 110 valence electrons. The number of nitrogens with one attached hydrogen (secondary N) is 1. The van der Waals surface area contributed by atoms with Crippen LogP contribution in [0.5, 0.6) is 0 Å². The lowest BCUT2D eigenvalue weighted by Crippen LogP contribution is -2.34. The van der Waals surface area contributed by atoms with Crippen LogP contribution in [0.1, 0.15) is 23.0 Å². The summed E-state index contributed by atoms with van der Waals surface area (Å²) in [7, 11) is 4.26. The second-order valence-electron chi connectivity index (χ2n) is 5.71. The van der Waals surface area contributed by atoms with E-state index in [2.05, 4.69) is 41.2 Å². The van der Waals surface area contributed by atoms with Crippen molar-refractivity contribution in [3.05, 3.63) is 29.6 Å². The number of hydrazine groups is 1. The van der Waals surface area contributed by atoms with Crippen LogP contribution in [0.2, 0.25) is 0 Å². The number of likely N-dealkylation sites (tertiary alicyclic amines) is 1. The quantitative estimate of drug-likeness (QED) is 0.463. The third-order valence-corrected chi connectivity index (χ3v) is 3.92. The van der Waals surface area contributed by atoms with Crippen molar-refractivity contribution in [1.82, 2.24) is 20.2 Å². The zero-order valence-corrected chi connectivity index (χ0v) is 12.3. The molecule has 2 atom stereocenters. The summed E-state index contributed by atoms with van der Waals surface area (Å²) < 4.78 is 0. The van der Waals surface area contributed by atoms with Crippen molar-refractivity contribution in [2.45, 2.75) is 19.5 Å². The molecule has 3 N–H and O–H groups in total. The molecule has 2 unspecified atom stereocenters. The van der Waals surface area contributed by atoms with E-state index in [1.165, 1.54) is 0 Å². The van der Waals surface area contributed by atoms with Crippen LogP contribution in [0, 0.1) is 5.92 Å². The van der Waals surface area contributed by atoms with Gasteiger partial charge in [0.25, 0.3) is 5.91 Å². The van der Waals surface area contributed by atoms with Crippen LogP contribution in [0.15, 0.2) is 18.3 Å². The van der Waals surface area contributed by atoms with Crippen LogP contribution < -0.4 is 11.3 Å². The predicted octanol–water partition coefficient (Wildman–Crippen LogP) is 0.0670. The van der Waals surface area contributed by atoms with Gasteiger partial charge in [0.1, 0.15) is 0 Å². The van der Waals surface area contributed by atoms with Crippen LogP contribution in [-0.2, 0) is 6.54 Å². The topological polar surface area (TPSA) is 74.5 Å². The van der Waals surface area contributed by atoms with Crippen molar-refractivity contribution in [3.8, 4) is 0 Å². The van der Waals surface area contributed by atoms with Gasteiger partial charge in [-0.2, -0.15) is 0 Å². The van der Waals surface area contributed by atoms with Crippen molar-refractivity contribution in [1.29, 1.82) is 0 Å². The van der Waals surface area contributed by atoms with E-state index >= 15 is 0 Å². The number of aromatic nitrogens is 1. The number of carbonyl (C=O) groups is 1. The average Bonchev–Trinajstić information content (AvgIpc) is 2.79. The number of hydrogen-bond acceptors (Lipinski definition) is 5. The van der Waals surface area contributed by atoms with E-state index in [1.807, 2.05) is 6.07 Å². The molecular weight excluding hydrogens is 254 g/mol. The van der Waals surface area contributed by atoms with E-state index < -0.39 is 0 Å². The number of hydrogen-bond donors (Lipinski definition) is 2. The minimum absolute atomic E-state index is 0.313. The van der Waals surface area contributed by atoms with Crippen molar-refractivity contribution in [3.63, 3.8) is 0 Å². The van der Waals surface area contributed by atoms with Crippen LogP contribution in [-0.4, -0.2) is 53.9 Å². The van der Waals surface area contributed by atoms with Gasteiger partial charge in [0.05, 0.1) is 11.3 Å². The fourth-order valence-electron chi connectivity index (χ4n) is 2.81. The van der Waals surface area contributed by atoms with Gasteiger partial charge in [-0.1, -0.05) is 6.92 Å². The average molecular weight is 277 g/mol. The van der Waals surface area contributed by atoms with Gasteiger partial charge in [0.15, 0.2) is 0 Å². The highest BCUT2D eigenvalue weighted by molar-refractivity contribution is 5.93. The van der Waals surface area contributed by atoms with Gasteiger partial charge in [0.2, 0.25) is 0 Å². The normalized spacial score (nSPS) is 23.2. The highest BCUT2D eigenvalue weighted by Gasteiger charge is 2.30. The molecule has 0 radical (unpaired) electrons. The summed E-state index contributed by atoms with van der Waals surface area (Å²) in [4.78, 5) is 20.4. The van der Waals surface area contributed by atoms with Gasteiger partial charge in [-0.05, 0) is 32.1 Å². The molecule has 0 aromatic carbocycles. The highest BCUT2D eigenvalue weighted by atomic mass is 16.2. The Labute approximate surface area is 119 Å². The van der Waals surface area contributed by atoms with Gasteiger partial charge in [-0.15, -0.1) is 0 Å². The summed E-state index contributed by atoms with van der Waals surface area (Å²) in [6, 6.07) is 4.24. The summed E-state index contributed by atoms with van der Waals surface area (Å²) >= 11 is 0. The third kappa shape index (κ3) is 3.33. The van der Waals surface area contributed by atoms with E-state index in [9.17, 15) is 4.79 Å². The molecule has 1 aliphatic heterocycles. The van der Waals surface area contributed by atoms with Gasteiger partial charge in [-0.3, -0.25) is 20.1 Å². The molecule has 1 amide bonds. The molecule has 0 saturated carbocycles. The smallest absolute Gasteiger partial charge is 0.266 e. The molecule has 0 aliphatic carbocycles. The largest absolute Gasteiger partial charge is 0.305 e. The second-order valence-corrected chi connectivity index (χ2v) is 5.71. The lowest BCUT2D eigenvalue weighted by atomic mass is 10.1.